The number of halogens is 1. The summed E-state index contributed by atoms with van der Waals surface area (Å²) in [6.07, 6.45) is 2.48. The molecular weight excluding hydrogens is 1300 g/mol. The predicted molar refractivity (Wildman–Crippen MR) is 360 cm³/mol. The monoisotopic (exact) mass is 1390 g/mol. The van der Waals surface area contributed by atoms with Crippen molar-refractivity contribution in [2.75, 3.05) is 41.0 Å². The summed E-state index contributed by atoms with van der Waals surface area (Å²) in [6, 6.07) is 11.8. The van der Waals surface area contributed by atoms with Crippen LogP contribution in [0.1, 0.15) is 151 Å². The molecule has 3 amide bonds. The van der Waals surface area contributed by atoms with Gasteiger partial charge < -0.3 is 68.4 Å². The highest BCUT2D eigenvalue weighted by molar-refractivity contribution is 6.36. The Balaban J connectivity index is 0.000000161. The van der Waals surface area contributed by atoms with Gasteiger partial charge in [0.1, 0.15) is 57.5 Å². The van der Waals surface area contributed by atoms with E-state index in [0.717, 1.165) is 53.7 Å². The Bertz CT molecular complexity index is 4220. The minimum Gasteiger partial charge on any atom is -0.618 e. The number of esters is 3. The first-order valence-electron chi connectivity index (χ1n) is 33.0. The van der Waals surface area contributed by atoms with Crippen molar-refractivity contribution in [3.63, 3.8) is 0 Å². The van der Waals surface area contributed by atoms with E-state index in [1.165, 1.54) is 36.0 Å². The van der Waals surface area contributed by atoms with Gasteiger partial charge in [-0.1, -0.05) is 23.7 Å². The summed E-state index contributed by atoms with van der Waals surface area (Å²) < 4.78 is 52.5. The summed E-state index contributed by atoms with van der Waals surface area (Å²) >= 11 is 6.57. The molecule has 534 valence electrons. The first-order chi connectivity index (χ1) is 46.4. The number of aryl methyl sites for hydroxylation is 4. The van der Waals surface area contributed by atoms with Crippen molar-refractivity contribution >= 4 is 80.5 Å². The maximum absolute atomic E-state index is 13.1. The minimum absolute atomic E-state index is 0.0466. The van der Waals surface area contributed by atoms with E-state index >= 15 is 0 Å². The number of pyridine rings is 3. The maximum Gasteiger partial charge on any atom is 0.411 e. The van der Waals surface area contributed by atoms with Gasteiger partial charge in [-0.3, -0.25) is 14.7 Å². The highest BCUT2D eigenvalue weighted by Gasteiger charge is 2.57. The number of amides is 3. The number of likely N-dealkylation sites (tertiary alicyclic amines) is 3. The van der Waals surface area contributed by atoms with E-state index in [2.05, 4.69) is 4.98 Å². The molecule has 6 aliphatic heterocycles. The standard InChI is InChI=1S/C24H29ClN2O7.C24H30N2O7.C24H30N2O6/c1-13-20-15(18-16(27(13)31)7-6-14(11-28)19(18)25)8-9-24(33-20)10-17(21(29)32-5)26(12-24)22(30)34-23(2,3)4;1-14-20-16(17-10-15(12-27)6-7-18(17)26(14)30)8-9-24(32-20)11-19(21(28)31-5)25(13-24)22(29)33-23(2,3)4;1-14-20-16(17-10-15(12-27)6-7-18(17)25-14)8-9-24(31-20)11-19(21(28)30-5)26(13-24)22(29)32-23(2,3)4/h6-7,17,28H,8-12H2,1-5H3;6-7,10,19,27H,8-9,11-13H2,1-5H3;6-7,10,19,27H,8-9,11-13H2,1-5H3/t17-,24?;2*19-,24?/m000/s1. The number of aliphatic hydroxyl groups is 3. The van der Waals surface area contributed by atoms with Gasteiger partial charge in [0, 0.05) is 67.3 Å². The van der Waals surface area contributed by atoms with Crippen molar-refractivity contribution in [3.05, 3.63) is 114 Å². The highest BCUT2D eigenvalue weighted by Crippen LogP contribution is 2.49. The number of aliphatic hydroxyl groups excluding tert-OH is 3. The Labute approximate surface area is 579 Å². The molecule has 26 nitrogen and oxygen atoms in total. The third kappa shape index (κ3) is 14.5. The average Bonchev–Trinajstić information content (AvgIpc) is 1.72. The fraction of sp³-hybridized carbons (Fsp3) is 0.542. The lowest BCUT2D eigenvalue weighted by Gasteiger charge is -2.36. The molecule has 12 rings (SSSR count). The molecule has 3 fully saturated rings. The Kier molecular flexibility index (Phi) is 20.2. The molecule has 0 saturated carbocycles. The number of ether oxygens (including phenoxy) is 9. The molecule has 3 aromatic heterocycles. The zero-order valence-electron chi connectivity index (χ0n) is 58.8. The molecule has 27 heteroatoms. The topological polar surface area (TPSA) is 323 Å². The molecule has 0 aliphatic carbocycles. The lowest BCUT2D eigenvalue weighted by Crippen LogP contribution is -2.46. The molecule has 9 heterocycles. The third-order valence-corrected chi connectivity index (χ3v) is 19.3. The summed E-state index contributed by atoms with van der Waals surface area (Å²) in [5.41, 5.74) is 3.43. The minimum atomic E-state index is -0.894. The molecule has 3 aromatic carbocycles. The number of fused-ring (bicyclic) bond motifs is 9. The fourth-order valence-corrected chi connectivity index (χ4v) is 14.6. The van der Waals surface area contributed by atoms with E-state index in [0.29, 0.717) is 106 Å². The molecule has 6 aromatic rings. The van der Waals surface area contributed by atoms with Gasteiger partial charge in [0.05, 0.1) is 87.8 Å². The van der Waals surface area contributed by atoms with Crippen LogP contribution in [-0.4, -0.2) is 164 Å². The van der Waals surface area contributed by atoms with Crippen LogP contribution in [0, 0.1) is 31.2 Å². The van der Waals surface area contributed by atoms with Crippen LogP contribution in [0.25, 0.3) is 32.7 Å². The lowest BCUT2D eigenvalue weighted by atomic mass is 9.87. The Morgan fingerprint density at radius 3 is 1.33 bits per heavy atom. The number of carbonyl (C=O) groups excluding carboxylic acids is 6. The Hall–Kier alpha value is -8.72. The number of methoxy groups -OCH3 is 3. The van der Waals surface area contributed by atoms with Crippen LogP contribution in [0.2, 0.25) is 5.02 Å². The molecule has 3 saturated heterocycles. The van der Waals surface area contributed by atoms with E-state index in [9.17, 15) is 54.5 Å². The van der Waals surface area contributed by atoms with Crippen LogP contribution in [0.3, 0.4) is 0 Å². The van der Waals surface area contributed by atoms with E-state index in [4.69, 9.17) is 54.2 Å². The Morgan fingerprint density at radius 2 is 0.919 bits per heavy atom. The number of rotatable bonds is 6. The van der Waals surface area contributed by atoms with Gasteiger partial charge in [-0.25, -0.2) is 33.8 Å². The van der Waals surface area contributed by atoms with Gasteiger partial charge in [-0.05, 0) is 149 Å². The lowest BCUT2D eigenvalue weighted by molar-refractivity contribution is -0.585. The van der Waals surface area contributed by atoms with Crippen molar-refractivity contribution in [1.29, 1.82) is 0 Å². The van der Waals surface area contributed by atoms with E-state index in [-0.39, 0.29) is 52.3 Å². The predicted octanol–water partition coefficient (Wildman–Crippen LogP) is 8.98. The van der Waals surface area contributed by atoms with E-state index in [1.54, 1.807) is 100 Å². The van der Waals surface area contributed by atoms with Crippen LogP contribution in [-0.2, 0) is 81.9 Å². The molecule has 0 radical (unpaired) electrons. The van der Waals surface area contributed by atoms with E-state index < -0.39 is 87.9 Å². The number of hydrogen-bond donors (Lipinski definition) is 3. The van der Waals surface area contributed by atoms with Crippen molar-refractivity contribution in [2.45, 2.75) is 212 Å². The highest BCUT2D eigenvalue weighted by atomic mass is 35.5. The molecule has 3 N–H and O–H groups in total. The smallest absolute Gasteiger partial charge is 0.411 e. The molecule has 6 aliphatic rings. The van der Waals surface area contributed by atoms with Crippen molar-refractivity contribution in [2.24, 2.45) is 0 Å². The summed E-state index contributed by atoms with van der Waals surface area (Å²) in [6.45, 7) is 21.2. The molecule has 99 heavy (non-hydrogen) atoms. The van der Waals surface area contributed by atoms with Gasteiger partial charge in [0.2, 0.25) is 22.4 Å². The average molecular weight is 1390 g/mol. The summed E-state index contributed by atoms with van der Waals surface area (Å²) in [5, 5.41) is 57.3. The molecule has 3 spiro atoms. The second kappa shape index (κ2) is 27.4. The zero-order valence-corrected chi connectivity index (χ0v) is 59.6. The summed E-state index contributed by atoms with van der Waals surface area (Å²) in [7, 11) is 3.87. The number of aromatic nitrogens is 3. The number of nitrogens with zero attached hydrogens (tertiary/aromatic N) is 6. The van der Waals surface area contributed by atoms with Gasteiger partial charge in [0.15, 0.2) is 11.5 Å². The second-order valence-corrected chi connectivity index (χ2v) is 29.8. The zero-order chi connectivity index (χ0) is 72.4. The van der Waals surface area contributed by atoms with Gasteiger partial charge in [-0.2, -0.15) is 9.46 Å². The van der Waals surface area contributed by atoms with Crippen LogP contribution in [0.5, 0.6) is 17.2 Å². The maximum atomic E-state index is 13.1. The molecule has 0 bridgehead atoms. The first kappa shape index (κ1) is 73.0. The SMILES string of the molecule is COC(=O)[C@@H]1CC2(CCc3c(c(C)[n+]([O-])c4ccc(CO)c(Cl)c34)O2)CN1C(=O)OC(C)(C)C.COC(=O)[C@@H]1CC2(CCc3c(c(C)[n+]([O-])c4ccc(CO)cc34)O2)CN1C(=O)OC(C)(C)C.COC(=O)[C@@H]1CC2(CCc3c(c(C)nc4ccc(CO)cc34)O2)CN1C(=O)OC(C)(C)C. The van der Waals surface area contributed by atoms with Gasteiger partial charge >= 0.3 is 36.2 Å². The quantitative estimate of drug-likeness (QED) is 0.0606. The Morgan fingerprint density at radius 1 is 0.545 bits per heavy atom. The molecule has 3 unspecified atom stereocenters. The number of carbonyl (C=O) groups is 6. The number of hydrogen-bond acceptors (Lipinski definition) is 21. The molecular formula is C72H89ClN6O20. The normalized spacial score (nSPS) is 22.3. The van der Waals surface area contributed by atoms with Gasteiger partial charge in [0.25, 0.3) is 0 Å². The second-order valence-electron chi connectivity index (χ2n) is 29.4. The summed E-state index contributed by atoms with van der Waals surface area (Å²) in [5.74, 6) is -0.0267. The fourth-order valence-electron chi connectivity index (χ4n) is 14.3. The first-order valence-corrected chi connectivity index (χ1v) is 33.4. The van der Waals surface area contributed by atoms with Crippen molar-refractivity contribution in [1.82, 2.24) is 19.7 Å². The largest absolute Gasteiger partial charge is 0.618 e. The van der Waals surface area contributed by atoms with Crippen LogP contribution in [0.15, 0.2) is 48.5 Å². The van der Waals surface area contributed by atoms with Crippen molar-refractivity contribution < 1.29 is 96.2 Å². The van der Waals surface area contributed by atoms with Crippen molar-refractivity contribution in [3.8, 4) is 17.2 Å². The summed E-state index contributed by atoms with van der Waals surface area (Å²) in [4.78, 5) is 85.1. The third-order valence-electron chi connectivity index (χ3n) is 18.9. The van der Waals surface area contributed by atoms with Crippen LogP contribution in [0.4, 0.5) is 14.4 Å². The van der Waals surface area contributed by atoms with E-state index in [1.807, 2.05) is 31.2 Å². The van der Waals surface area contributed by atoms with Crippen LogP contribution < -0.4 is 23.7 Å². The molecule has 6 atom stereocenters. The van der Waals surface area contributed by atoms with Gasteiger partial charge in [-0.15, -0.1) is 0 Å². The van der Waals surface area contributed by atoms with Crippen LogP contribution >= 0.6 is 11.6 Å². The number of benzene rings is 3.